The molecule has 9 heteroatoms. The first-order valence-electron chi connectivity index (χ1n) is 5.54. The van der Waals surface area contributed by atoms with Crippen molar-refractivity contribution in [1.29, 1.82) is 0 Å². The summed E-state index contributed by atoms with van der Waals surface area (Å²) in [6.45, 7) is 0.218. The first-order valence-corrected chi connectivity index (χ1v) is 9.58. The van der Waals surface area contributed by atoms with E-state index in [1.54, 1.807) is 0 Å². The van der Waals surface area contributed by atoms with Gasteiger partial charge in [-0.05, 0) is 24.6 Å². The summed E-state index contributed by atoms with van der Waals surface area (Å²) in [6.07, 6.45) is 2.01. The first-order chi connectivity index (χ1) is 9.21. The molecule has 0 bridgehead atoms. The minimum atomic E-state index is -4.03. The highest BCUT2D eigenvalue weighted by atomic mass is 35.7. The molecule has 1 aromatic rings. The Kier molecular flexibility index (Phi) is 6.09. The molecule has 1 N–H and O–H groups in total. The summed E-state index contributed by atoms with van der Waals surface area (Å²) in [5.41, 5.74) is -0.399. The largest absolute Gasteiger partial charge is 0.352 e. The van der Waals surface area contributed by atoms with Gasteiger partial charge in [-0.1, -0.05) is 0 Å². The van der Waals surface area contributed by atoms with Crippen LogP contribution in [0.4, 0.5) is 4.39 Å². The van der Waals surface area contributed by atoms with Crippen molar-refractivity contribution >= 4 is 36.4 Å². The first kappa shape index (κ1) is 17.1. The third kappa shape index (κ3) is 5.18. The summed E-state index contributed by atoms with van der Waals surface area (Å²) in [6, 6.07) is 2.73. The van der Waals surface area contributed by atoms with Crippen molar-refractivity contribution in [2.75, 3.05) is 18.6 Å². The molecule has 1 unspecified atom stereocenters. The van der Waals surface area contributed by atoms with E-state index in [-0.39, 0.29) is 11.4 Å². The second-order valence-corrected chi connectivity index (χ2v) is 8.09. The standard InChI is InChI=1S/C11H13ClFNO4S2/c1-19(16)6-2-5-14-11(15)9-7-8(20(12,17)18)3-4-10(9)13/h3-4,7H,2,5-6H2,1H3,(H,14,15). The highest BCUT2D eigenvalue weighted by Crippen LogP contribution is 2.18. The quantitative estimate of drug-likeness (QED) is 0.624. The van der Waals surface area contributed by atoms with E-state index in [9.17, 15) is 21.8 Å². The van der Waals surface area contributed by atoms with Crippen molar-refractivity contribution in [2.24, 2.45) is 0 Å². The summed E-state index contributed by atoms with van der Waals surface area (Å²) in [5, 5.41) is 2.42. The second kappa shape index (κ2) is 7.14. The normalized spacial score (nSPS) is 12.9. The van der Waals surface area contributed by atoms with E-state index < -0.39 is 37.1 Å². The van der Waals surface area contributed by atoms with Crippen LogP contribution in [0, 0.1) is 5.82 Å². The van der Waals surface area contributed by atoms with Gasteiger partial charge < -0.3 is 5.32 Å². The fourth-order valence-corrected chi connectivity index (χ4v) is 2.73. The lowest BCUT2D eigenvalue weighted by Crippen LogP contribution is -2.26. The van der Waals surface area contributed by atoms with E-state index >= 15 is 0 Å². The van der Waals surface area contributed by atoms with Gasteiger partial charge in [-0.25, -0.2) is 12.8 Å². The maximum atomic E-state index is 13.5. The summed E-state index contributed by atoms with van der Waals surface area (Å²) < 4.78 is 46.6. The highest BCUT2D eigenvalue weighted by Gasteiger charge is 2.17. The summed E-state index contributed by atoms with van der Waals surface area (Å²) in [7, 11) is 0.140. The molecule has 0 saturated carbocycles. The molecule has 112 valence electrons. The van der Waals surface area contributed by atoms with Crippen LogP contribution < -0.4 is 5.32 Å². The number of carbonyl (C=O) groups is 1. The number of hydrogen-bond acceptors (Lipinski definition) is 4. The lowest BCUT2D eigenvalue weighted by atomic mass is 10.2. The minimum Gasteiger partial charge on any atom is -0.352 e. The maximum absolute atomic E-state index is 13.5. The Bertz CT molecular complexity index is 633. The molecule has 0 fully saturated rings. The zero-order valence-electron chi connectivity index (χ0n) is 10.6. The molecule has 1 rings (SSSR count). The van der Waals surface area contributed by atoms with Crippen LogP contribution in [0.3, 0.4) is 0 Å². The van der Waals surface area contributed by atoms with Crippen molar-refractivity contribution in [3.05, 3.63) is 29.6 Å². The van der Waals surface area contributed by atoms with Crippen molar-refractivity contribution in [1.82, 2.24) is 5.32 Å². The number of benzene rings is 1. The summed E-state index contributed by atoms with van der Waals surface area (Å²) >= 11 is 0. The van der Waals surface area contributed by atoms with Crippen LogP contribution in [0.5, 0.6) is 0 Å². The Hall–Kier alpha value is -0.990. The van der Waals surface area contributed by atoms with Gasteiger partial charge in [0, 0.05) is 40.0 Å². The van der Waals surface area contributed by atoms with Gasteiger partial charge in [0.2, 0.25) is 0 Å². The molecule has 1 aromatic carbocycles. The van der Waals surface area contributed by atoms with Crippen LogP contribution in [0.15, 0.2) is 23.1 Å². The van der Waals surface area contributed by atoms with Crippen molar-refractivity contribution in [3.8, 4) is 0 Å². The van der Waals surface area contributed by atoms with Crippen LogP contribution in [0.25, 0.3) is 0 Å². The number of carbonyl (C=O) groups excluding carboxylic acids is 1. The number of nitrogens with one attached hydrogen (secondary N) is 1. The fraction of sp³-hybridized carbons (Fsp3) is 0.364. The molecule has 0 radical (unpaired) electrons. The molecule has 0 spiro atoms. The van der Waals surface area contributed by atoms with Crippen LogP contribution >= 0.6 is 10.7 Å². The molecule has 0 heterocycles. The molecule has 0 aliphatic heterocycles. The van der Waals surface area contributed by atoms with Crippen LogP contribution in [0.2, 0.25) is 0 Å². The number of halogens is 2. The smallest absolute Gasteiger partial charge is 0.261 e. The van der Waals surface area contributed by atoms with E-state index in [4.69, 9.17) is 10.7 Å². The molecular formula is C11H13ClFNO4S2. The third-order valence-corrected chi connectivity index (χ3v) is 4.57. The third-order valence-electron chi connectivity index (χ3n) is 2.36. The average molecular weight is 342 g/mol. The predicted molar refractivity (Wildman–Crippen MR) is 75.3 cm³/mol. The van der Waals surface area contributed by atoms with Gasteiger partial charge in [0.1, 0.15) is 5.82 Å². The molecule has 0 aromatic heterocycles. The Labute approximate surface area is 123 Å². The molecular weight excluding hydrogens is 329 g/mol. The Morgan fingerprint density at radius 2 is 2.10 bits per heavy atom. The van der Waals surface area contributed by atoms with Gasteiger partial charge in [-0.2, -0.15) is 0 Å². The van der Waals surface area contributed by atoms with Crippen LogP contribution in [-0.2, 0) is 19.9 Å². The van der Waals surface area contributed by atoms with Crippen molar-refractivity contribution in [2.45, 2.75) is 11.3 Å². The minimum absolute atomic E-state index is 0.218. The molecule has 0 aliphatic rings. The molecule has 0 saturated heterocycles. The Balaban J connectivity index is 2.80. The van der Waals surface area contributed by atoms with Gasteiger partial charge in [0.05, 0.1) is 10.5 Å². The Morgan fingerprint density at radius 3 is 2.65 bits per heavy atom. The number of hydrogen-bond donors (Lipinski definition) is 1. The maximum Gasteiger partial charge on any atom is 0.261 e. The van der Waals surface area contributed by atoms with Gasteiger partial charge >= 0.3 is 0 Å². The van der Waals surface area contributed by atoms with Crippen LogP contribution in [-0.4, -0.2) is 37.1 Å². The molecule has 1 amide bonds. The number of amides is 1. The van der Waals surface area contributed by atoms with E-state index in [1.807, 2.05) is 0 Å². The van der Waals surface area contributed by atoms with E-state index in [0.29, 0.717) is 12.2 Å². The summed E-state index contributed by atoms with van der Waals surface area (Å²) in [5.74, 6) is -1.17. The monoisotopic (exact) mass is 341 g/mol. The SMILES string of the molecule is CS(=O)CCCNC(=O)c1cc(S(=O)(=O)Cl)ccc1F. The number of rotatable bonds is 6. The zero-order chi connectivity index (χ0) is 15.3. The Morgan fingerprint density at radius 1 is 1.45 bits per heavy atom. The lowest BCUT2D eigenvalue weighted by Gasteiger charge is -2.06. The lowest BCUT2D eigenvalue weighted by molar-refractivity contribution is 0.0949. The van der Waals surface area contributed by atoms with Crippen molar-refractivity contribution < 1.29 is 21.8 Å². The summed E-state index contributed by atoms with van der Waals surface area (Å²) in [4.78, 5) is 11.4. The molecule has 0 aliphatic carbocycles. The van der Waals surface area contributed by atoms with Crippen LogP contribution in [0.1, 0.15) is 16.8 Å². The van der Waals surface area contributed by atoms with Gasteiger partial charge in [-0.3, -0.25) is 9.00 Å². The molecule has 20 heavy (non-hydrogen) atoms. The topological polar surface area (TPSA) is 80.3 Å². The van der Waals surface area contributed by atoms with E-state index in [1.165, 1.54) is 6.26 Å². The van der Waals surface area contributed by atoms with Gasteiger partial charge in [0.25, 0.3) is 15.0 Å². The van der Waals surface area contributed by atoms with E-state index in [2.05, 4.69) is 5.32 Å². The highest BCUT2D eigenvalue weighted by molar-refractivity contribution is 8.13. The molecule has 1 atom stereocenters. The van der Waals surface area contributed by atoms with Gasteiger partial charge in [0.15, 0.2) is 0 Å². The van der Waals surface area contributed by atoms with Gasteiger partial charge in [-0.15, -0.1) is 0 Å². The molecule has 5 nitrogen and oxygen atoms in total. The van der Waals surface area contributed by atoms with Crippen molar-refractivity contribution in [3.63, 3.8) is 0 Å². The fourth-order valence-electron chi connectivity index (χ4n) is 1.40. The predicted octanol–water partition coefficient (Wildman–Crippen LogP) is 1.25. The average Bonchev–Trinajstić information content (AvgIpc) is 2.33. The zero-order valence-corrected chi connectivity index (χ0v) is 12.9. The second-order valence-electron chi connectivity index (χ2n) is 3.97. The van der Waals surface area contributed by atoms with E-state index in [0.717, 1.165) is 18.2 Å².